The van der Waals surface area contributed by atoms with Gasteiger partial charge in [-0.2, -0.15) is 5.26 Å². The molecule has 1 heterocycles. The maximum Gasteiger partial charge on any atom is 0.0992 e. The molecule has 2 rings (SSSR count). The molecule has 1 fully saturated rings. The second-order valence-corrected chi connectivity index (χ2v) is 5.42. The first-order chi connectivity index (χ1) is 9.74. The molecule has 1 saturated heterocycles. The molecule has 0 amide bonds. The van der Waals surface area contributed by atoms with Crippen LogP contribution in [0.25, 0.3) is 0 Å². The van der Waals surface area contributed by atoms with Crippen molar-refractivity contribution < 1.29 is 4.74 Å². The molecule has 1 aliphatic rings. The Morgan fingerprint density at radius 1 is 1.55 bits per heavy atom. The third kappa shape index (κ3) is 3.86. The molecule has 0 aromatic heterocycles. The SMILES string of the molecule is COCCN(CC1CCCN1)c1ccc(C#N)cc1Cl. The van der Waals surface area contributed by atoms with Gasteiger partial charge >= 0.3 is 0 Å². The second kappa shape index (κ2) is 7.49. The third-order valence-corrected chi connectivity index (χ3v) is 3.89. The van der Waals surface area contributed by atoms with Crippen LogP contribution in [0.3, 0.4) is 0 Å². The van der Waals surface area contributed by atoms with Gasteiger partial charge in [-0.25, -0.2) is 0 Å². The Kier molecular flexibility index (Phi) is 5.66. The van der Waals surface area contributed by atoms with Gasteiger partial charge in [0.15, 0.2) is 0 Å². The Hall–Kier alpha value is -1.28. The fourth-order valence-electron chi connectivity index (χ4n) is 2.52. The molecule has 1 atom stereocenters. The number of halogens is 1. The molecule has 4 nitrogen and oxygen atoms in total. The number of hydrogen-bond acceptors (Lipinski definition) is 4. The van der Waals surface area contributed by atoms with Gasteiger partial charge in [0.25, 0.3) is 0 Å². The lowest BCUT2D eigenvalue weighted by molar-refractivity contribution is 0.204. The van der Waals surface area contributed by atoms with Gasteiger partial charge in [-0.1, -0.05) is 11.6 Å². The van der Waals surface area contributed by atoms with E-state index in [4.69, 9.17) is 21.6 Å². The zero-order valence-corrected chi connectivity index (χ0v) is 12.5. The highest BCUT2D eigenvalue weighted by Gasteiger charge is 2.19. The van der Waals surface area contributed by atoms with Gasteiger partial charge in [0.1, 0.15) is 0 Å². The summed E-state index contributed by atoms with van der Waals surface area (Å²) < 4.78 is 5.19. The van der Waals surface area contributed by atoms with E-state index in [0.717, 1.165) is 25.3 Å². The monoisotopic (exact) mass is 293 g/mol. The van der Waals surface area contributed by atoms with Gasteiger partial charge in [0.05, 0.1) is 28.9 Å². The van der Waals surface area contributed by atoms with E-state index in [2.05, 4.69) is 16.3 Å². The molecule has 1 unspecified atom stereocenters. The molecule has 108 valence electrons. The van der Waals surface area contributed by atoms with Crippen LogP contribution in [0, 0.1) is 11.3 Å². The van der Waals surface area contributed by atoms with Crippen LogP contribution in [0.1, 0.15) is 18.4 Å². The minimum Gasteiger partial charge on any atom is -0.383 e. The topological polar surface area (TPSA) is 48.3 Å². The van der Waals surface area contributed by atoms with Crippen LogP contribution in [0.15, 0.2) is 18.2 Å². The fraction of sp³-hybridized carbons (Fsp3) is 0.533. The summed E-state index contributed by atoms with van der Waals surface area (Å²) in [6, 6.07) is 8.06. The van der Waals surface area contributed by atoms with Gasteiger partial charge in [-0.15, -0.1) is 0 Å². The summed E-state index contributed by atoms with van der Waals surface area (Å²) in [7, 11) is 1.70. The Labute approximate surface area is 125 Å². The Bertz CT molecular complexity index is 480. The first-order valence-corrected chi connectivity index (χ1v) is 7.29. The number of nitrogens with zero attached hydrogens (tertiary/aromatic N) is 2. The van der Waals surface area contributed by atoms with E-state index < -0.39 is 0 Å². The Morgan fingerprint density at radius 2 is 2.40 bits per heavy atom. The van der Waals surface area contributed by atoms with Crippen LogP contribution in [-0.2, 0) is 4.74 Å². The third-order valence-electron chi connectivity index (χ3n) is 3.59. The van der Waals surface area contributed by atoms with E-state index in [1.54, 1.807) is 13.2 Å². The largest absolute Gasteiger partial charge is 0.383 e. The van der Waals surface area contributed by atoms with Crippen molar-refractivity contribution in [2.24, 2.45) is 0 Å². The minimum absolute atomic E-state index is 0.499. The van der Waals surface area contributed by atoms with Crippen molar-refractivity contribution in [2.45, 2.75) is 18.9 Å². The van der Waals surface area contributed by atoms with Gasteiger partial charge in [0, 0.05) is 26.2 Å². The van der Waals surface area contributed by atoms with Crippen molar-refractivity contribution in [3.8, 4) is 6.07 Å². The molecule has 20 heavy (non-hydrogen) atoms. The van der Waals surface area contributed by atoms with Crippen LogP contribution in [0.5, 0.6) is 0 Å². The lowest BCUT2D eigenvalue weighted by Crippen LogP contribution is -2.39. The van der Waals surface area contributed by atoms with E-state index in [-0.39, 0.29) is 0 Å². The summed E-state index contributed by atoms with van der Waals surface area (Å²) >= 11 is 6.31. The molecule has 1 aliphatic heterocycles. The standard InChI is InChI=1S/C15H20ClN3O/c1-20-8-7-19(11-13-3-2-6-18-13)15-5-4-12(10-17)9-14(15)16/h4-5,9,13,18H,2-3,6-8,11H2,1H3. The van der Waals surface area contributed by atoms with Crippen LogP contribution < -0.4 is 10.2 Å². The van der Waals surface area contributed by atoms with Gasteiger partial charge < -0.3 is 15.0 Å². The van der Waals surface area contributed by atoms with Gasteiger partial charge in [-0.3, -0.25) is 0 Å². The van der Waals surface area contributed by atoms with E-state index in [0.29, 0.717) is 23.2 Å². The average molecular weight is 294 g/mol. The summed E-state index contributed by atoms with van der Waals surface area (Å²) in [5, 5.41) is 13.0. The first-order valence-electron chi connectivity index (χ1n) is 6.91. The highest BCUT2D eigenvalue weighted by Crippen LogP contribution is 2.27. The summed E-state index contributed by atoms with van der Waals surface area (Å²) in [6.07, 6.45) is 2.42. The number of anilines is 1. The van der Waals surface area contributed by atoms with E-state index in [1.165, 1.54) is 12.8 Å². The predicted molar refractivity (Wildman–Crippen MR) is 81.3 cm³/mol. The van der Waals surface area contributed by atoms with Crippen LogP contribution in [0.2, 0.25) is 5.02 Å². The smallest absolute Gasteiger partial charge is 0.0992 e. The molecule has 0 saturated carbocycles. The maximum atomic E-state index is 8.91. The number of rotatable bonds is 6. The quantitative estimate of drug-likeness (QED) is 0.875. The normalized spacial score (nSPS) is 17.9. The summed E-state index contributed by atoms with van der Waals surface area (Å²) in [4.78, 5) is 2.23. The molecule has 0 radical (unpaired) electrons. The molecule has 1 aromatic rings. The number of benzene rings is 1. The molecule has 1 N–H and O–H groups in total. The zero-order chi connectivity index (χ0) is 14.4. The number of methoxy groups -OCH3 is 1. The van der Waals surface area contributed by atoms with Crippen molar-refractivity contribution in [2.75, 3.05) is 38.3 Å². The van der Waals surface area contributed by atoms with Crippen LogP contribution >= 0.6 is 11.6 Å². The van der Waals surface area contributed by atoms with E-state index in [1.807, 2.05) is 12.1 Å². The summed E-state index contributed by atoms with van der Waals surface area (Å²) in [5.41, 5.74) is 1.56. The van der Waals surface area contributed by atoms with Crippen molar-refractivity contribution in [1.82, 2.24) is 5.32 Å². The molecule has 0 bridgehead atoms. The van der Waals surface area contributed by atoms with E-state index in [9.17, 15) is 0 Å². The van der Waals surface area contributed by atoms with E-state index >= 15 is 0 Å². The highest BCUT2D eigenvalue weighted by atomic mass is 35.5. The lowest BCUT2D eigenvalue weighted by atomic mass is 10.1. The first kappa shape index (κ1) is 15.1. The van der Waals surface area contributed by atoms with Crippen LogP contribution in [0.4, 0.5) is 5.69 Å². The maximum absolute atomic E-state index is 8.91. The molecular formula is C15H20ClN3O. The highest BCUT2D eigenvalue weighted by molar-refractivity contribution is 6.33. The van der Waals surface area contributed by atoms with Crippen molar-refractivity contribution in [1.29, 1.82) is 5.26 Å². The predicted octanol–water partition coefficient (Wildman–Crippen LogP) is 2.42. The number of nitrogens with one attached hydrogen (secondary N) is 1. The Balaban J connectivity index is 2.14. The van der Waals surface area contributed by atoms with Gasteiger partial charge in [-0.05, 0) is 37.6 Å². The lowest BCUT2D eigenvalue weighted by Gasteiger charge is -2.28. The molecule has 0 aliphatic carbocycles. The summed E-state index contributed by atoms with van der Waals surface area (Å²) in [6.45, 7) is 3.45. The molecule has 5 heteroatoms. The van der Waals surface area contributed by atoms with Gasteiger partial charge in [0.2, 0.25) is 0 Å². The number of ether oxygens (including phenoxy) is 1. The Morgan fingerprint density at radius 3 is 3.00 bits per heavy atom. The van der Waals surface area contributed by atoms with Crippen molar-refractivity contribution in [3.63, 3.8) is 0 Å². The number of nitriles is 1. The molecular weight excluding hydrogens is 274 g/mol. The summed E-state index contributed by atoms with van der Waals surface area (Å²) in [5.74, 6) is 0. The average Bonchev–Trinajstić information content (AvgIpc) is 2.96. The van der Waals surface area contributed by atoms with Crippen molar-refractivity contribution >= 4 is 17.3 Å². The second-order valence-electron chi connectivity index (χ2n) is 5.01. The zero-order valence-electron chi connectivity index (χ0n) is 11.7. The minimum atomic E-state index is 0.499. The fourth-order valence-corrected chi connectivity index (χ4v) is 2.82. The molecule has 0 spiro atoms. The number of hydrogen-bond donors (Lipinski definition) is 1. The molecule has 1 aromatic carbocycles. The van der Waals surface area contributed by atoms with Crippen LogP contribution in [-0.4, -0.2) is 39.4 Å². The van der Waals surface area contributed by atoms with Crippen molar-refractivity contribution in [3.05, 3.63) is 28.8 Å².